The molecule has 0 saturated carbocycles. The Labute approximate surface area is 181 Å². The number of rotatable bonds is 6. The molecule has 0 saturated heterocycles. The number of aromatic nitrogens is 3. The van der Waals surface area contributed by atoms with Crippen LogP contribution in [0.2, 0.25) is 0 Å². The average Bonchev–Trinajstić information content (AvgIpc) is 3.14. The Morgan fingerprint density at radius 2 is 1.87 bits per heavy atom. The first kappa shape index (κ1) is 20.7. The van der Waals surface area contributed by atoms with Crippen molar-refractivity contribution >= 4 is 33.1 Å². The summed E-state index contributed by atoms with van der Waals surface area (Å²) in [7, 11) is 0. The highest BCUT2D eigenvalue weighted by Gasteiger charge is 2.18. The summed E-state index contributed by atoms with van der Waals surface area (Å²) in [6.07, 6.45) is 0. The van der Waals surface area contributed by atoms with Crippen LogP contribution in [0.1, 0.15) is 11.9 Å². The second-order valence-electron chi connectivity index (χ2n) is 6.73. The number of ether oxygens (including phenoxy) is 1. The van der Waals surface area contributed by atoms with E-state index in [0.29, 0.717) is 39.0 Å². The van der Waals surface area contributed by atoms with Gasteiger partial charge in [0.1, 0.15) is 23.8 Å². The van der Waals surface area contributed by atoms with Gasteiger partial charge in [0, 0.05) is 11.3 Å². The van der Waals surface area contributed by atoms with Crippen molar-refractivity contribution in [3.8, 4) is 17.0 Å². The quantitative estimate of drug-likeness (QED) is 0.492. The van der Waals surface area contributed by atoms with E-state index in [-0.39, 0.29) is 17.9 Å². The molecule has 9 heteroatoms. The first-order chi connectivity index (χ1) is 14.9. The number of hydrogen-bond donors (Lipinski definition) is 1. The molecule has 0 bridgehead atoms. The molecule has 2 aromatic heterocycles. The Hall–Kier alpha value is -3.59. The summed E-state index contributed by atoms with van der Waals surface area (Å²) >= 11 is 1.33. The van der Waals surface area contributed by atoms with E-state index in [1.165, 1.54) is 23.5 Å². The largest absolute Gasteiger partial charge is 0.494 e. The van der Waals surface area contributed by atoms with Gasteiger partial charge in [-0.05, 0) is 62.4 Å². The summed E-state index contributed by atoms with van der Waals surface area (Å²) in [5.41, 5.74) is 1.48. The monoisotopic (exact) mass is 438 g/mol. The lowest BCUT2D eigenvalue weighted by atomic mass is 10.1. The fraction of sp³-hybridized carbons (Fsp3) is 0.182. The van der Waals surface area contributed by atoms with E-state index in [4.69, 9.17) is 4.74 Å². The highest BCUT2D eigenvalue weighted by atomic mass is 32.1. The fourth-order valence-corrected chi connectivity index (χ4v) is 4.03. The van der Waals surface area contributed by atoms with Crippen molar-refractivity contribution in [2.45, 2.75) is 20.4 Å². The van der Waals surface area contributed by atoms with Gasteiger partial charge in [0.15, 0.2) is 5.52 Å². The fourth-order valence-electron chi connectivity index (χ4n) is 3.11. The van der Waals surface area contributed by atoms with Crippen LogP contribution in [0.15, 0.2) is 53.3 Å². The number of anilines is 1. The predicted octanol–water partition coefficient (Wildman–Crippen LogP) is 4.00. The zero-order chi connectivity index (χ0) is 22.0. The van der Waals surface area contributed by atoms with E-state index in [1.54, 1.807) is 43.3 Å². The third-order valence-corrected chi connectivity index (χ3v) is 5.44. The first-order valence-corrected chi connectivity index (χ1v) is 10.4. The topological polar surface area (TPSA) is 86.1 Å². The van der Waals surface area contributed by atoms with Gasteiger partial charge in [0.25, 0.3) is 5.56 Å². The zero-order valence-corrected chi connectivity index (χ0v) is 17.7. The molecule has 0 unspecified atom stereocenters. The molecular formula is C22H19FN4O3S. The van der Waals surface area contributed by atoms with E-state index in [9.17, 15) is 14.0 Å². The molecular weight excluding hydrogens is 419 g/mol. The summed E-state index contributed by atoms with van der Waals surface area (Å²) in [5.74, 6) is -0.0784. The molecule has 4 aromatic rings. The van der Waals surface area contributed by atoms with E-state index in [0.717, 1.165) is 4.68 Å². The summed E-state index contributed by atoms with van der Waals surface area (Å²) in [5, 5.41) is 7.85. The number of fused-ring (bicyclic) bond motifs is 1. The van der Waals surface area contributed by atoms with E-state index >= 15 is 0 Å². The zero-order valence-electron chi connectivity index (χ0n) is 16.9. The van der Waals surface area contributed by atoms with Crippen molar-refractivity contribution in [1.29, 1.82) is 0 Å². The molecule has 0 aliphatic rings. The minimum absolute atomic E-state index is 0.241. The van der Waals surface area contributed by atoms with E-state index in [2.05, 4.69) is 15.4 Å². The van der Waals surface area contributed by atoms with Crippen LogP contribution >= 0.6 is 11.3 Å². The van der Waals surface area contributed by atoms with Gasteiger partial charge in [0.05, 0.1) is 16.3 Å². The maximum atomic E-state index is 13.4. The van der Waals surface area contributed by atoms with Crippen molar-refractivity contribution in [1.82, 2.24) is 14.8 Å². The number of hydrogen-bond acceptors (Lipinski definition) is 6. The van der Waals surface area contributed by atoms with Gasteiger partial charge in [-0.1, -0.05) is 0 Å². The van der Waals surface area contributed by atoms with Gasteiger partial charge < -0.3 is 10.1 Å². The van der Waals surface area contributed by atoms with Gasteiger partial charge in [0.2, 0.25) is 5.91 Å². The molecule has 0 aliphatic carbocycles. The van der Waals surface area contributed by atoms with Crippen molar-refractivity contribution in [2.75, 3.05) is 11.9 Å². The number of thiazole rings is 1. The molecule has 4 rings (SSSR count). The number of benzene rings is 2. The molecule has 1 amide bonds. The molecule has 0 radical (unpaired) electrons. The predicted molar refractivity (Wildman–Crippen MR) is 118 cm³/mol. The normalized spacial score (nSPS) is 10.9. The molecule has 0 spiro atoms. The van der Waals surface area contributed by atoms with Crippen LogP contribution in [0.4, 0.5) is 10.1 Å². The summed E-state index contributed by atoms with van der Waals surface area (Å²) < 4.78 is 20.4. The van der Waals surface area contributed by atoms with Crippen LogP contribution in [0.3, 0.4) is 0 Å². The second-order valence-corrected chi connectivity index (χ2v) is 7.94. The first-order valence-electron chi connectivity index (χ1n) is 9.61. The lowest BCUT2D eigenvalue weighted by Crippen LogP contribution is -2.30. The molecule has 2 aromatic carbocycles. The summed E-state index contributed by atoms with van der Waals surface area (Å²) in [6.45, 7) is 3.95. The Bertz CT molecular complexity index is 1300. The highest BCUT2D eigenvalue weighted by molar-refractivity contribution is 7.19. The molecule has 0 aliphatic heterocycles. The number of nitrogens with one attached hydrogen (secondary N) is 1. The molecule has 1 N–H and O–H groups in total. The third-order valence-electron chi connectivity index (χ3n) is 4.47. The number of carbonyl (C=O) groups is 1. The van der Waals surface area contributed by atoms with Crippen LogP contribution in [-0.4, -0.2) is 27.3 Å². The molecule has 7 nitrogen and oxygen atoms in total. The molecule has 158 valence electrons. The second kappa shape index (κ2) is 8.65. The van der Waals surface area contributed by atoms with Crippen molar-refractivity contribution < 1.29 is 13.9 Å². The smallest absolute Gasteiger partial charge is 0.294 e. The maximum Gasteiger partial charge on any atom is 0.294 e. The number of nitrogens with zero attached hydrogens (tertiary/aromatic N) is 3. The minimum Gasteiger partial charge on any atom is -0.494 e. The highest BCUT2D eigenvalue weighted by Crippen LogP contribution is 2.29. The van der Waals surface area contributed by atoms with Crippen LogP contribution < -0.4 is 15.6 Å². The maximum absolute atomic E-state index is 13.4. The van der Waals surface area contributed by atoms with E-state index in [1.807, 2.05) is 6.92 Å². The average molecular weight is 438 g/mol. The van der Waals surface area contributed by atoms with Gasteiger partial charge in [-0.2, -0.15) is 5.10 Å². The molecule has 0 fully saturated rings. The standard InChI is InChI=1S/C22H19FN4O3S/c1-3-30-17-10-8-16(9-11-17)25-18(28)12-27-22(29)20-21(31-13(2)24-20)19(26-27)14-4-6-15(23)7-5-14/h4-11H,3,12H2,1-2H3,(H,25,28). The number of amides is 1. The number of aryl methyl sites for hydroxylation is 1. The Morgan fingerprint density at radius 3 is 2.55 bits per heavy atom. The number of halogens is 1. The molecule has 31 heavy (non-hydrogen) atoms. The summed E-state index contributed by atoms with van der Waals surface area (Å²) in [4.78, 5) is 29.8. The van der Waals surface area contributed by atoms with Gasteiger partial charge in [-0.15, -0.1) is 11.3 Å². The van der Waals surface area contributed by atoms with Gasteiger partial charge in [-0.3, -0.25) is 9.59 Å². The van der Waals surface area contributed by atoms with E-state index < -0.39 is 11.5 Å². The van der Waals surface area contributed by atoms with Crippen molar-refractivity contribution in [2.24, 2.45) is 0 Å². The lowest BCUT2D eigenvalue weighted by molar-refractivity contribution is -0.117. The van der Waals surface area contributed by atoms with Crippen LogP contribution in [0, 0.1) is 12.7 Å². The van der Waals surface area contributed by atoms with Gasteiger partial charge in [-0.25, -0.2) is 14.1 Å². The minimum atomic E-state index is -0.452. The van der Waals surface area contributed by atoms with Crippen molar-refractivity contribution in [3.05, 3.63) is 69.7 Å². The molecule has 2 heterocycles. The third kappa shape index (κ3) is 4.46. The lowest BCUT2D eigenvalue weighted by Gasteiger charge is -2.10. The molecule has 0 atom stereocenters. The van der Waals surface area contributed by atoms with Crippen LogP contribution in [0.25, 0.3) is 21.5 Å². The van der Waals surface area contributed by atoms with Gasteiger partial charge >= 0.3 is 0 Å². The summed E-state index contributed by atoms with van der Waals surface area (Å²) in [6, 6.07) is 12.8. The Balaban J connectivity index is 1.65. The number of carbonyl (C=O) groups excluding carboxylic acids is 1. The van der Waals surface area contributed by atoms with Crippen LogP contribution in [-0.2, 0) is 11.3 Å². The van der Waals surface area contributed by atoms with Crippen molar-refractivity contribution in [3.63, 3.8) is 0 Å². The Morgan fingerprint density at radius 1 is 1.16 bits per heavy atom. The Kier molecular flexibility index (Phi) is 5.77. The van der Waals surface area contributed by atoms with Crippen LogP contribution in [0.5, 0.6) is 5.75 Å². The SMILES string of the molecule is CCOc1ccc(NC(=O)Cn2nc(-c3ccc(F)cc3)c3sc(C)nc3c2=O)cc1.